The number of esters is 1. The SMILES string of the molecule is C=C(C)C(=O)OC(OCC(F)(F)S(=O)(=O)O)(C(=O)NC(C)(C)C)C(F)(F)F. The Kier molecular flexibility index (Phi) is 7.16. The van der Waals surface area contributed by atoms with Gasteiger partial charge in [-0.3, -0.25) is 9.35 Å². The normalized spacial score (nSPS) is 15.6. The van der Waals surface area contributed by atoms with Crippen molar-refractivity contribution in [2.24, 2.45) is 0 Å². The maximum absolute atomic E-state index is 13.5. The molecule has 14 heteroatoms. The van der Waals surface area contributed by atoms with Crippen molar-refractivity contribution in [3.63, 3.8) is 0 Å². The van der Waals surface area contributed by atoms with Crippen molar-refractivity contribution in [1.29, 1.82) is 0 Å². The van der Waals surface area contributed by atoms with E-state index in [4.69, 9.17) is 4.55 Å². The number of hydrogen-bond donors (Lipinski definition) is 2. The number of amides is 1. The van der Waals surface area contributed by atoms with E-state index in [-0.39, 0.29) is 0 Å². The van der Waals surface area contributed by atoms with Crippen LogP contribution in [0.1, 0.15) is 27.7 Å². The number of rotatable bonds is 7. The average molecular weight is 427 g/mol. The predicted octanol–water partition coefficient (Wildman–Crippen LogP) is 1.78. The summed E-state index contributed by atoms with van der Waals surface area (Å²) in [4.78, 5) is 23.7. The Morgan fingerprint density at radius 3 is 1.85 bits per heavy atom. The lowest BCUT2D eigenvalue weighted by Crippen LogP contribution is -2.64. The van der Waals surface area contributed by atoms with Gasteiger partial charge in [-0.05, 0) is 27.7 Å². The Labute approximate surface area is 151 Å². The molecule has 27 heavy (non-hydrogen) atoms. The molecule has 0 aliphatic rings. The third-order valence-electron chi connectivity index (χ3n) is 2.57. The molecular formula is C13H18F5NO7S. The average Bonchev–Trinajstić information content (AvgIpc) is 2.38. The highest BCUT2D eigenvalue weighted by Gasteiger charge is 2.68. The van der Waals surface area contributed by atoms with Crippen LogP contribution in [-0.2, 0) is 29.2 Å². The molecular weight excluding hydrogens is 409 g/mol. The minimum Gasteiger partial charge on any atom is -0.412 e. The summed E-state index contributed by atoms with van der Waals surface area (Å²) in [5.74, 6) is -8.67. The van der Waals surface area contributed by atoms with Crippen molar-refractivity contribution in [2.45, 2.75) is 50.5 Å². The molecule has 0 saturated carbocycles. The second-order valence-electron chi connectivity index (χ2n) is 6.39. The molecule has 1 amide bonds. The quantitative estimate of drug-likeness (QED) is 0.209. The first-order valence-corrected chi connectivity index (χ1v) is 8.37. The molecule has 1 unspecified atom stereocenters. The van der Waals surface area contributed by atoms with Gasteiger partial charge in [-0.2, -0.15) is 30.4 Å². The van der Waals surface area contributed by atoms with Gasteiger partial charge in [0.2, 0.25) is 0 Å². The number of ether oxygens (including phenoxy) is 2. The molecule has 0 radical (unpaired) electrons. The number of halogens is 5. The number of carbonyl (C=O) groups is 2. The smallest absolute Gasteiger partial charge is 0.412 e. The van der Waals surface area contributed by atoms with E-state index in [1.807, 2.05) is 0 Å². The first kappa shape index (κ1) is 25.2. The fourth-order valence-corrected chi connectivity index (χ4v) is 1.52. The highest BCUT2D eigenvalue weighted by atomic mass is 32.2. The fourth-order valence-electron chi connectivity index (χ4n) is 1.31. The Bertz CT molecular complexity index is 712. The molecule has 0 aliphatic heterocycles. The number of carbonyl (C=O) groups excluding carboxylic acids is 2. The standard InChI is InChI=1S/C13H18F5NO7S/c1-7(2)8(20)26-12(13(16,17)18,9(21)19-10(3,4)5)25-6-11(14,15)27(22,23)24/h1,6H2,2-5H3,(H,19,21)(H,22,23,24). The van der Waals surface area contributed by atoms with Crippen molar-refractivity contribution in [1.82, 2.24) is 5.32 Å². The van der Waals surface area contributed by atoms with Gasteiger partial charge >= 0.3 is 39.2 Å². The van der Waals surface area contributed by atoms with Crippen LogP contribution in [0.3, 0.4) is 0 Å². The maximum atomic E-state index is 13.5. The van der Waals surface area contributed by atoms with Gasteiger partial charge < -0.3 is 14.8 Å². The van der Waals surface area contributed by atoms with Crippen LogP contribution in [0.25, 0.3) is 0 Å². The zero-order chi connectivity index (χ0) is 22.1. The van der Waals surface area contributed by atoms with E-state index in [9.17, 15) is 40.0 Å². The van der Waals surface area contributed by atoms with E-state index in [0.29, 0.717) is 0 Å². The lowest BCUT2D eigenvalue weighted by atomic mass is 10.1. The lowest BCUT2D eigenvalue weighted by molar-refractivity contribution is -0.353. The van der Waals surface area contributed by atoms with Crippen LogP contribution in [0, 0.1) is 0 Å². The zero-order valence-electron chi connectivity index (χ0n) is 14.6. The summed E-state index contributed by atoms with van der Waals surface area (Å²) in [6.07, 6.45) is -5.91. The molecule has 0 saturated heterocycles. The van der Waals surface area contributed by atoms with Gasteiger partial charge in [0.25, 0.3) is 0 Å². The first-order chi connectivity index (χ1) is 11.7. The molecule has 0 aliphatic carbocycles. The number of alkyl halides is 5. The molecule has 0 aromatic rings. The van der Waals surface area contributed by atoms with E-state index < -0.39 is 56.9 Å². The van der Waals surface area contributed by atoms with Crippen molar-refractivity contribution in [2.75, 3.05) is 6.61 Å². The van der Waals surface area contributed by atoms with Gasteiger partial charge in [0.15, 0.2) is 0 Å². The second kappa shape index (κ2) is 7.67. The van der Waals surface area contributed by atoms with Crippen LogP contribution in [0.2, 0.25) is 0 Å². The molecule has 0 rings (SSSR count). The van der Waals surface area contributed by atoms with Crippen molar-refractivity contribution in [3.8, 4) is 0 Å². The number of hydrogen-bond acceptors (Lipinski definition) is 6. The summed E-state index contributed by atoms with van der Waals surface area (Å²) < 4.78 is 105. The van der Waals surface area contributed by atoms with Gasteiger partial charge in [0, 0.05) is 11.1 Å². The van der Waals surface area contributed by atoms with Crippen LogP contribution >= 0.6 is 0 Å². The summed E-state index contributed by atoms with van der Waals surface area (Å²) >= 11 is 0. The van der Waals surface area contributed by atoms with Crippen molar-refractivity contribution < 1.29 is 54.0 Å². The molecule has 0 spiro atoms. The molecule has 158 valence electrons. The molecule has 0 heterocycles. The van der Waals surface area contributed by atoms with E-state index >= 15 is 0 Å². The minimum absolute atomic E-state index is 0.641. The van der Waals surface area contributed by atoms with E-state index in [1.165, 1.54) is 20.8 Å². The molecule has 2 N–H and O–H groups in total. The Morgan fingerprint density at radius 2 is 1.56 bits per heavy atom. The van der Waals surface area contributed by atoms with Gasteiger partial charge in [-0.15, -0.1) is 0 Å². The fraction of sp³-hybridized carbons (Fsp3) is 0.692. The van der Waals surface area contributed by atoms with Crippen molar-refractivity contribution in [3.05, 3.63) is 12.2 Å². The summed E-state index contributed by atoms with van der Waals surface area (Å²) in [6.45, 7) is 4.91. The summed E-state index contributed by atoms with van der Waals surface area (Å²) in [7, 11) is -6.19. The van der Waals surface area contributed by atoms with Crippen LogP contribution in [0.4, 0.5) is 22.0 Å². The Hall–Kier alpha value is -1.80. The highest BCUT2D eigenvalue weighted by molar-refractivity contribution is 7.86. The number of nitrogens with one attached hydrogen (secondary N) is 1. The largest absolute Gasteiger partial charge is 0.466 e. The Balaban J connectivity index is 6.27. The Morgan fingerprint density at radius 1 is 1.11 bits per heavy atom. The highest BCUT2D eigenvalue weighted by Crippen LogP contribution is 2.38. The molecule has 0 aromatic heterocycles. The topological polar surface area (TPSA) is 119 Å². The van der Waals surface area contributed by atoms with Gasteiger partial charge in [-0.25, -0.2) is 4.79 Å². The van der Waals surface area contributed by atoms with Crippen LogP contribution < -0.4 is 5.32 Å². The van der Waals surface area contributed by atoms with Crippen LogP contribution in [0.5, 0.6) is 0 Å². The second-order valence-corrected chi connectivity index (χ2v) is 7.94. The third kappa shape index (κ3) is 6.39. The third-order valence-corrected chi connectivity index (χ3v) is 3.44. The summed E-state index contributed by atoms with van der Waals surface area (Å²) in [6, 6.07) is 0. The molecule has 8 nitrogen and oxygen atoms in total. The molecule has 0 bridgehead atoms. The molecule has 0 fully saturated rings. The lowest BCUT2D eigenvalue weighted by Gasteiger charge is -2.36. The predicted molar refractivity (Wildman–Crippen MR) is 80.0 cm³/mol. The maximum Gasteiger partial charge on any atom is 0.466 e. The summed E-state index contributed by atoms with van der Waals surface area (Å²) in [5.41, 5.74) is -2.00. The van der Waals surface area contributed by atoms with Gasteiger partial charge in [0.1, 0.15) is 6.61 Å². The minimum atomic E-state index is -6.19. The van der Waals surface area contributed by atoms with Gasteiger partial charge in [0.05, 0.1) is 0 Å². The van der Waals surface area contributed by atoms with E-state index in [0.717, 1.165) is 6.92 Å². The van der Waals surface area contributed by atoms with Crippen LogP contribution in [0.15, 0.2) is 12.2 Å². The van der Waals surface area contributed by atoms with E-state index in [1.54, 1.807) is 5.32 Å². The monoisotopic (exact) mass is 427 g/mol. The van der Waals surface area contributed by atoms with Crippen LogP contribution in [-0.4, -0.2) is 54.2 Å². The van der Waals surface area contributed by atoms with Gasteiger partial charge in [-0.1, -0.05) is 6.58 Å². The zero-order valence-corrected chi connectivity index (χ0v) is 15.4. The van der Waals surface area contributed by atoms with E-state index in [2.05, 4.69) is 16.1 Å². The summed E-state index contributed by atoms with van der Waals surface area (Å²) in [5, 5.41) is -3.50. The first-order valence-electron chi connectivity index (χ1n) is 6.93. The van der Waals surface area contributed by atoms with Crippen molar-refractivity contribution >= 4 is 22.0 Å². The molecule has 0 aromatic carbocycles. The molecule has 1 atom stereocenters.